The van der Waals surface area contributed by atoms with Crippen LogP contribution in [0.25, 0.3) is 0 Å². The molecule has 3 N–H and O–H groups in total. The number of hydrogen-bond acceptors (Lipinski definition) is 5. The van der Waals surface area contributed by atoms with Gasteiger partial charge >= 0.3 is 7.82 Å². The van der Waals surface area contributed by atoms with Gasteiger partial charge in [-0.25, -0.2) is 4.57 Å². The van der Waals surface area contributed by atoms with Gasteiger partial charge in [-0.1, -0.05) is 289 Å². The van der Waals surface area contributed by atoms with Crippen LogP contribution in [0.1, 0.15) is 258 Å². The van der Waals surface area contributed by atoms with Crippen LogP contribution in [0.4, 0.5) is 0 Å². The van der Waals surface area contributed by atoms with Crippen LogP contribution < -0.4 is 5.32 Å². The van der Waals surface area contributed by atoms with Gasteiger partial charge in [-0.2, -0.15) is 0 Å². The van der Waals surface area contributed by atoms with Gasteiger partial charge in [0.15, 0.2) is 0 Å². The molecule has 0 aliphatic rings. The largest absolute Gasteiger partial charge is 0.472 e. The zero-order chi connectivity index (χ0) is 58.4. The number of amides is 1. The molecule has 0 spiro atoms. The van der Waals surface area contributed by atoms with Crippen LogP contribution in [-0.4, -0.2) is 73.4 Å². The molecule has 0 radical (unpaired) electrons. The normalized spacial score (nSPS) is 14.6. The van der Waals surface area contributed by atoms with Crippen molar-refractivity contribution >= 4 is 13.7 Å². The SMILES string of the molecule is CC/C=C\C/C=C\C/C=C\C/C=C\C/C=C\C/C=C\C/C=C\C/C=C\C/C=C\C/C=C\CCCCCCC(=O)NC(COP(=O)(O)OCC[N+](C)(C)C)C(O)/C=C/CCCCCCCCCCCCCCCCCCCCCCC. The number of carbonyl (C=O) groups is 1. The lowest BCUT2D eigenvalue weighted by Crippen LogP contribution is -2.45. The molecule has 458 valence electrons. The molecule has 0 saturated carbocycles. The average Bonchev–Trinajstić information content (AvgIpc) is 3.42. The van der Waals surface area contributed by atoms with E-state index in [-0.39, 0.29) is 19.1 Å². The Morgan fingerprint density at radius 2 is 0.750 bits per heavy atom. The van der Waals surface area contributed by atoms with Crippen molar-refractivity contribution in [3.63, 3.8) is 0 Å². The number of hydrogen-bond donors (Lipinski definition) is 3. The van der Waals surface area contributed by atoms with Crippen molar-refractivity contribution in [2.24, 2.45) is 0 Å². The Hall–Kier alpha value is -3.36. The summed E-state index contributed by atoms with van der Waals surface area (Å²) in [6.45, 7) is 4.69. The number of quaternary nitrogens is 1. The molecule has 9 heteroatoms. The lowest BCUT2D eigenvalue weighted by Gasteiger charge is -2.25. The average molecular weight is 1130 g/mol. The van der Waals surface area contributed by atoms with E-state index in [2.05, 4.69) is 141 Å². The maximum absolute atomic E-state index is 13.0. The van der Waals surface area contributed by atoms with Crippen LogP contribution in [0.3, 0.4) is 0 Å². The predicted molar refractivity (Wildman–Crippen MR) is 350 cm³/mol. The number of phosphoric ester groups is 1. The first kappa shape index (κ1) is 76.6. The van der Waals surface area contributed by atoms with E-state index in [9.17, 15) is 19.4 Å². The standard InChI is InChI=1S/C71H123N2O6P/c1-6-8-10-12-14-16-18-20-22-24-26-28-30-31-32-33-34-35-36-37-38-39-40-41-43-45-47-49-51-53-55-57-59-61-63-65-71(75)72-69(68-79-80(76,77)78-67-66-73(3,4)5)70(74)64-62-60-58-56-54-52-50-48-46-44-42-29-27-25-23-21-19-17-15-13-11-9-7-2/h8,10,14,16,20,22,26,28,31-32,34-35,37-38,40-41,45,47,51,53,62,64,69-70,74H,6-7,9,11-13,15,17-19,21,23-25,27,29-30,33,36,39,42-44,46,48-50,52,54-61,63,65-68H2,1-5H3,(H-,72,75,76,77)/p+1/b10-8-,16-14-,22-20-,28-26-,32-31-,35-34-,38-37-,41-40-,47-45-,53-51-,64-62+. The Labute approximate surface area is 494 Å². The smallest absolute Gasteiger partial charge is 0.387 e. The summed E-state index contributed by atoms with van der Waals surface area (Å²) in [6.07, 6.45) is 91.4. The van der Waals surface area contributed by atoms with E-state index in [1.165, 1.54) is 122 Å². The van der Waals surface area contributed by atoms with E-state index in [1.807, 2.05) is 27.2 Å². The molecule has 0 aliphatic heterocycles. The number of unbranched alkanes of at least 4 members (excludes halogenated alkanes) is 25. The minimum absolute atomic E-state index is 0.0493. The molecule has 3 unspecified atom stereocenters. The number of likely N-dealkylation sites (N-methyl/N-ethyl adjacent to an activating group) is 1. The minimum Gasteiger partial charge on any atom is -0.387 e. The Bertz CT molecular complexity index is 1760. The highest BCUT2D eigenvalue weighted by Crippen LogP contribution is 2.43. The van der Waals surface area contributed by atoms with E-state index in [0.717, 1.165) is 116 Å². The Morgan fingerprint density at radius 3 is 1.10 bits per heavy atom. The van der Waals surface area contributed by atoms with Crippen LogP contribution >= 0.6 is 7.82 Å². The van der Waals surface area contributed by atoms with Gasteiger partial charge in [0.1, 0.15) is 13.2 Å². The first-order valence-electron chi connectivity index (χ1n) is 32.6. The molecule has 0 aliphatic carbocycles. The summed E-state index contributed by atoms with van der Waals surface area (Å²) in [5, 5.41) is 14.0. The second kappa shape index (κ2) is 60.2. The van der Waals surface area contributed by atoms with Gasteiger partial charge in [0.2, 0.25) is 5.91 Å². The molecule has 0 aromatic carbocycles. The van der Waals surface area contributed by atoms with Crippen LogP contribution in [0, 0.1) is 0 Å². The first-order valence-corrected chi connectivity index (χ1v) is 34.1. The number of aliphatic hydroxyl groups excluding tert-OH is 1. The second-order valence-corrected chi connectivity index (χ2v) is 24.2. The summed E-state index contributed by atoms with van der Waals surface area (Å²) in [6, 6.07) is -0.872. The molecular weight excluding hydrogens is 1010 g/mol. The number of nitrogens with one attached hydrogen (secondary N) is 1. The Kier molecular flexibility index (Phi) is 57.7. The van der Waals surface area contributed by atoms with Gasteiger partial charge < -0.3 is 19.8 Å². The fraction of sp³-hybridized carbons (Fsp3) is 0.676. The molecule has 8 nitrogen and oxygen atoms in total. The summed E-state index contributed by atoms with van der Waals surface area (Å²) in [5.41, 5.74) is 0. The van der Waals surface area contributed by atoms with Crippen LogP contribution in [-0.2, 0) is 18.4 Å². The van der Waals surface area contributed by atoms with Gasteiger partial charge in [0.05, 0.1) is 39.9 Å². The van der Waals surface area contributed by atoms with Gasteiger partial charge in [0, 0.05) is 6.42 Å². The van der Waals surface area contributed by atoms with Gasteiger partial charge in [-0.05, 0) is 96.3 Å². The highest BCUT2D eigenvalue weighted by atomic mass is 31.2. The molecule has 0 aromatic heterocycles. The van der Waals surface area contributed by atoms with Crippen molar-refractivity contribution in [2.45, 2.75) is 270 Å². The molecule has 0 fully saturated rings. The Morgan fingerprint density at radius 1 is 0.438 bits per heavy atom. The van der Waals surface area contributed by atoms with Gasteiger partial charge in [-0.15, -0.1) is 0 Å². The van der Waals surface area contributed by atoms with Crippen LogP contribution in [0.15, 0.2) is 134 Å². The van der Waals surface area contributed by atoms with E-state index >= 15 is 0 Å². The number of aliphatic hydroxyl groups is 1. The lowest BCUT2D eigenvalue weighted by molar-refractivity contribution is -0.870. The van der Waals surface area contributed by atoms with Crippen LogP contribution in [0.5, 0.6) is 0 Å². The molecule has 80 heavy (non-hydrogen) atoms. The molecule has 3 atom stereocenters. The minimum atomic E-state index is -4.37. The fourth-order valence-corrected chi connectivity index (χ4v) is 9.57. The summed E-state index contributed by atoms with van der Waals surface area (Å²) in [7, 11) is 1.54. The van der Waals surface area contributed by atoms with Crippen molar-refractivity contribution in [1.82, 2.24) is 5.32 Å². The fourth-order valence-electron chi connectivity index (χ4n) is 8.84. The van der Waals surface area contributed by atoms with Crippen LogP contribution in [0.2, 0.25) is 0 Å². The topological polar surface area (TPSA) is 105 Å². The van der Waals surface area contributed by atoms with E-state index in [0.29, 0.717) is 17.4 Å². The van der Waals surface area contributed by atoms with E-state index in [4.69, 9.17) is 9.05 Å². The summed E-state index contributed by atoms with van der Waals surface area (Å²) in [4.78, 5) is 23.4. The van der Waals surface area contributed by atoms with Gasteiger partial charge in [-0.3, -0.25) is 13.8 Å². The number of rotatable bonds is 58. The zero-order valence-electron chi connectivity index (χ0n) is 52.3. The van der Waals surface area contributed by atoms with E-state index < -0.39 is 20.0 Å². The number of phosphoric acid groups is 1. The summed E-state index contributed by atoms with van der Waals surface area (Å²) in [5.74, 6) is -0.205. The summed E-state index contributed by atoms with van der Waals surface area (Å²) < 4.78 is 23.8. The molecule has 1 amide bonds. The molecule has 0 saturated heterocycles. The molecule has 0 bridgehead atoms. The van der Waals surface area contributed by atoms with Crippen molar-refractivity contribution in [3.05, 3.63) is 134 Å². The molecule has 0 rings (SSSR count). The number of nitrogens with zero attached hydrogens (tertiary/aromatic N) is 1. The van der Waals surface area contributed by atoms with Crippen molar-refractivity contribution < 1.29 is 32.9 Å². The second-order valence-electron chi connectivity index (χ2n) is 22.8. The third-order valence-electron chi connectivity index (χ3n) is 13.9. The molecule has 0 heterocycles. The number of carbonyl (C=O) groups excluding carboxylic acids is 1. The van der Waals surface area contributed by atoms with Crippen molar-refractivity contribution in [1.29, 1.82) is 0 Å². The monoisotopic (exact) mass is 1130 g/mol. The third-order valence-corrected chi connectivity index (χ3v) is 14.9. The zero-order valence-corrected chi connectivity index (χ0v) is 53.2. The highest BCUT2D eigenvalue weighted by Gasteiger charge is 2.27. The quantitative estimate of drug-likeness (QED) is 0.0243. The lowest BCUT2D eigenvalue weighted by atomic mass is 10.0. The molecular formula is C71H124N2O6P+. The highest BCUT2D eigenvalue weighted by molar-refractivity contribution is 7.47. The number of allylic oxidation sites excluding steroid dienone is 21. The predicted octanol–water partition coefficient (Wildman–Crippen LogP) is 20.7. The van der Waals surface area contributed by atoms with Crippen molar-refractivity contribution in [3.8, 4) is 0 Å². The Balaban J connectivity index is 4.26. The van der Waals surface area contributed by atoms with E-state index in [1.54, 1.807) is 6.08 Å². The maximum atomic E-state index is 13.0. The third kappa shape index (κ3) is 62.2. The van der Waals surface area contributed by atoms with Gasteiger partial charge in [0.25, 0.3) is 0 Å². The maximum Gasteiger partial charge on any atom is 0.472 e. The first-order chi connectivity index (χ1) is 39.0. The summed E-state index contributed by atoms with van der Waals surface area (Å²) >= 11 is 0. The molecule has 0 aromatic rings. The van der Waals surface area contributed by atoms with Crippen molar-refractivity contribution in [2.75, 3.05) is 40.9 Å².